The van der Waals surface area contributed by atoms with Crippen molar-refractivity contribution in [1.82, 2.24) is 9.88 Å². The lowest BCUT2D eigenvalue weighted by molar-refractivity contribution is -0.147. The first-order valence-electron chi connectivity index (χ1n) is 6.92. The molecule has 1 aromatic carbocycles. The summed E-state index contributed by atoms with van der Waals surface area (Å²) in [6.07, 6.45) is 1.50. The Labute approximate surface area is 148 Å². The Hall–Kier alpha value is -2.31. The van der Waals surface area contributed by atoms with Gasteiger partial charge in [0.15, 0.2) is 6.61 Å². The average molecular weight is 369 g/mol. The SMILES string of the molecule is Cn1cccc1C(=O)NC(=O)COC(=O)Cc1c(Cl)cccc1Cl. The molecular weight excluding hydrogens is 355 g/mol. The van der Waals surface area contributed by atoms with Crippen molar-refractivity contribution < 1.29 is 19.1 Å². The van der Waals surface area contributed by atoms with Crippen LogP contribution < -0.4 is 5.32 Å². The van der Waals surface area contributed by atoms with Gasteiger partial charge in [0.05, 0.1) is 6.42 Å². The minimum atomic E-state index is -0.722. The molecule has 1 heterocycles. The van der Waals surface area contributed by atoms with E-state index >= 15 is 0 Å². The molecule has 0 unspecified atom stereocenters. The molecule has 24 heavy (non-hydrogen) atoms. The van der Waals surface area contributed by atoms with Crippen LogP contribution in [0, 0.1) is 0 Å². The third kappa shape index (κ3) is 4.59. The Morgan fingerprint density at radius 1 is 1.12 bits per heavy atom. The molecule has 0 radical (unpaired) electrons. The van der Waals surface area contributed by atoms with E-state index in [4.69, 9.17) is 27.9 Å². The number of esters is 1. The molecule has 0 fully saturated rings. The van der Waals surface area contributed by atoms with Gasteiger partial charge in [0.25, 0.3) is 11.8 Å². The average Bonchev–Trinajstić information content (AvgIpc) is 2.95. The summed E-state index contributed by atoms with van der Waals surface area (Å²) >= 11 is 11.9. The number of hydrogen-bond acceptors (Lipinski definition) is 4. The van der Waals surface area contributed by atoms with Gasteiger partial charge in [0.2, 0.25) is 0 Å². The Morgan fingerprint density at radius 3 is 2.38 bits per heavy atom. The molecule has 0 aliphatic carbocycles. The molecule has 1 aromatic heterocycles. The Kier molecular flexibility index (Phi) is 6.00. The van der Waals surface area contributed by atoms with Gasteiger partial charge in [-0.3, -0.25) is 19.7 Å². The molecule has 0 aliphatic rings. The summed E-state index contributed by atoms with van der Waals surface area (Å²) in [6.45, 7) is -0.572. The van der Waals surface area contributed by atoms with Crippen molar-refractivity contribution in [2.45, 2.75) is 6.42 Å². The van der Waals surface area contributed by atoms with E-state index < -0.39 is 24.4 Å². The van der Waals surface area contributed by atoms with Crippen LogP contribution in [-0.4, -0.2) is 29.0 Å². The van der Waals surface area contributed by atoms with Crippen LogP contribution in [0.2, 0.25) is 10.0 Å². The zero-order valence-electron chi connectivity index (χ0n) is 12.7. The first-order valence-corrected chi connectivity index (χ1v) is 7.68. The molecule has 126 valence electrons. The van der Waals surface area contributed by atoms with Crippen molar-refractivity contribution in [2.24, 2.45) is 7.05 Å². The Bertz CT molecular complexity index is 766. The number of halogens is 2. The molecule has 0 atom stereocenters. The summed E-state index contributed by atoms with van der Waals surface area (Å²) in [7, 11) is 1.67. The zero-order valence-corrected chi connectivity index (χ0v) is 14.2. The van der Waals surface area contributed by atoms with Crippen molar-refractivity contribution in [3.63, 3.8) is 0 Å². The van der Waals surface area contributed by atoms with Gasteiger partial charge in [-0.2, -0.15) is 0 Å². The van der Waals surface area contributed by atoms with Gasteiger partial charge in [-0.1, -0.05) is 29.3 Å². The van der Waals surface area contributed by atoms with E-state index in [1.165, 1.54) is 0 Å². The summed E-state index contributed by atoms with van der Waals surface area (Å²) in [5, 5.41) is 2.81. The number of benzene rings is 1. The molecular formula is C16H14Cl2N2O4. The van der Waals surface area contributed by atoms with Gasteiger partial charge in [-0.25, -0.2) is 0 Å². The van der Waals surface area contributed by atoms with E-state index in [0.29, 0.717) is 21.3 Å². The summed E-state index contributed by atoms with van der Waals surface area (Å²) in [5.41, 5.74) is 0.739. The lowest BCUT2D eigenvalue weighted by atomic mass is 10.1. The lowest BCUT2D eigenvalue weighted by Crippen LogP contribution is -2.35. The van der Waals surface area contributed by atoms with Crippen molar-refractivity contribution in [3.05, 3.63) is 57.8 Å². The number of amides is 2. The first-order chi connectivity index (χ1) is 11.4. The normalized spacial score (nSPS) is 10.3. The topological polar surface area (TPSA) is 77.4 Å². The summed E-state index contributed by atoms with van der Waals surface area (Å²) in [6, 6.07) is 8.09. The second kappa shape index (κ2) is 7.99. The Morgan fingerprint density at radius 2 is 1.79 bits per heavy atom. The largest absolute Gasteiger partial charge is 0.455 e. The number of aromatic nitrogens is 1. The zero-order chi connectivity index (χ0) is 17.7. The number of carbonyl (C=O) groups excluding carboxylic acids is 3. The number of nitrogens with zero attached hydrogens (tertiary/aromatic N) is 1. The van der Waals surface area contributed by atoms with Crippen molar-refractivity contribution in [3.8, 4) is 0 Å². The summed E-state index contributed by atoms with van der Waals surface area (Å²) in [4.78, 5) is 35.3. The highest BCUT2D eigenvalue weighted by molar-refractivity contribution is 6.36. The van der Waals surface area contributed by atoms with Crippen molar-refractivity contribution >= 4 is 41.0 Å². The van der Waals surface area contributed by atoms with E-state index in [2.05, 4.69) is 5.32 Å². The van der Waals surface area contributed by atoms with Crippen LogP contribution in [0.5, 0.6) is 0 Å². The third-order valence-corrected chi connectivity index (χ3v) is 3.88. The minimum Gasteiger partial charge on any atom is -0.455 e. The van der Waals surface area contributed by atoms with E-state index in [9.17, 15) is 14.4 Å². The van der Waals surface area contributed by atoms with E-state index in [1.54, 1.807) is 48.1 Å². The fraction of sp³-hybridized carbons (Fsp3) is 0.188. The second-order valence-electron chi connectivity index (χ2n) is 4.92. The van der Waals surface area contributed by atoms with Crippen LogP contribution in [0.3, 0.4) is 0 Å². The van der Waals surface area contributed by atoms with E-state index in [1.807, 2.05) is 0 Å². The van der Waals surface area contributed by atoms with Crippen LogP contribution in [0.1, 0.15) is 16.1 Å². The minimum absolute atomic E-state index is 0.169. The standard InChI is InChI=1S/C16H14Cl2N2O4/c1-20-7-3-6-13(20)16(23)19-14(21)9-24-15(22)8-10-11(17)4-2-5-12(10)18/h2-7H,8-9H2,1H3,(H,19,21,23). The summed E-state index contributed by atoms with van der Waals surface area (Å²) in [5.74, 6) is -1.97. The monoisotopic (exact) mass is 368 g/mol. The van der Waals surface area contributed by atoms with Crippen LogP contribution in [0.15, 0.2) is 36.5 Å². The van der Waals surface area contributed by atoms with Gasteiger partial charge < -0.3 is 9.30 Å². The second-order valence-corrected chi connectivity index (χ2v) is 5.73. The molecule has 0 aliphatic heterocycles. The fourth-order valence-electron chi connectivity index (χ4n) is 1.97. The molecule has 2 amide bonds. The van der Waals surface area contributed by atoms with Gasteiger partial charge in [-0.15, -0.1) is 0 Å². The number of ether oxygens (including phenoxy) is 1. The predicted molar refractivity (Wildman–Crippen MR) is 89.0 cm³/mol. The number of aryl methyl sites for hydroxylation is 1. The lowest BCUT2D eigenvalue weighted by Gasteiger charge is -2.08. The molecule has 2 aromatic rings. The maximum absolute atomic E-state index is 11.8. The van der Waals surface area contributed by atoms with Gasteiger partial charge in [0, 0.05) is 28.9 Å². The quantitative estimate of drug-likeness (QED) is 0.821. The molecule has 0 spiro atoms. The van der Waals surface area contributed by atoms with E-state index in [0.717, 1.165) is 0 Å². The number of carbonyl (C=O) groups is 3. The van der Waals surface area contributed by atoms with Crippen LogP contribution in [0.4, 0.5) is 0 Å². The van der Waals surface area contributed by atoms with E-state index in [-0.39, 0.29) is 6.42 Å². The number of rotatable bonds is 5. The highest BCUT2D eigenvalue weighted by Gasteiger charge is 2.16. The molecule has 2 rings (SSSR count). The van der Waals surface area contributed by atoms with Crippen LogP contribution in [0.25, 0.3) is 0 Å². The van der Waals surface area contributed by atoms with Gasteiger partial charge in [-0.05, 0) is 24.3 Å². The van der Waals surface area contributed by atoms with Gasteiger partial charge in [0.1, 0.15) is 5.69 Å². The molecule has 6 nitrogen and oxygen atoms in total. The highest BCUT2D eigenvalue weighted by Crippen LogP contribution is 2.24. The fourth-order valence-corrected chi connectivity index (χ4v) is 2.50. The maximum Gasteiger partial charge on any atom is 0.310 e. The first kappa shape index (κ1) is 18.0. The van der Waals surface area contributed by atoms with Crippen LogP contribution in [-0.2, 0) is 27.8 Å². The van der Waals surface area contributed by atoms with Crippen LogP contribution >= 0.6 is 23.2 Å². The van der Waals surface area contributed by atoms with Gasteiger partial charge >= 0.3 is 5.97 Å². The predicted octanol–water partition coefficient (Wildman–Crippen LogP) is 2.37. The Balaban J connectivity index is 1.84. The van der Waals surface area contributed by atoms with Crippen molar-refractivity contribution in [1.29, 1.82) is 0 Å². The van der Waals surface area contributed by atoms with Crippen molar-refractivity contribution in [2.75, 3.05) is 6.61 Å². The molecule has 0 saturated heterocycles. The molecule has 1 N–H and O–H groups in total. The number of nitrogens with one attached hydrogen (secondary N) is 1. The number of imide groups is 1. The summed E-state index contributed by atoms with van der Waals surface area (Å²) < 4.78 is 6.40. The molecule has 0 bridgehead atoms. The number of hydrogen-bond donors (Lipinski definition) is 1. The smallest absolute Gasteiger partial charge is 0.310 e. The molecule has 8 heteroatoms. The molecule has 0 saturated carbocycles. The highest BCUT2D eigenvalue weighted by atomic mass is 35.5. The maximum atomic E-state index is 11.8. The third-order valence-electron chi connectivity index (χ3n) is 3.18.